The summed E-state index contributed by atoms with van der Waals surface area (Å²) >= 11 is 0. The summed E-state index contributed by atoms with van der Waals surface area (Å²) in [7, 11) is 0. The van der Waals surface area contributed by atoms with E-state index in [1.165, 1.54) is 0 Å². The molecule has 1 fully saturated rings. The molecule has 0 unspecified atom stereocenters. The monoisotopic (exact) mass is 128 g/mol. The minimum absolute atomic E-state index is 0.658. The summed E-state index contributed by atoms with van der Waals surface area (Å²) in [4.78, 5) is 0. The van der Waals surface area contributed by atoms with E-state index < -0.39 is 0 Å². The number of ether oxygens (including phenoxy) is 1. The first-order valence-electron chi connectivity index (χ1n) is 3.13. The minimum Gasteiger partial charge on any atom is -0.358 e. The topological polar surface area (TPSA) is 24.8 Å². The van der Waals surface area contributed by atoms with Crippen LogP contribution >= 0.6 is 0 Å². The summed E-state index contributed by atoms with van der Waals surface area (Å²) in [5, 5.41) is 6.13. The van der Waals surface area contributed by atoms with E-state index in [4.69, 9.17) is 4.74 Å². The molecule has 0 aliphatic carbocycles. The normalized spacial score (nSPS) is 18.2. The predicted molar refractivity (Wildman–Crippen MR) is 36.3 cm³/mol. The molecule has 0 amide bonds. The van der Waals surface area contributed by atoms with Gasteiger partial charge >= 0.3 is 0 Å². The average Bonchev–Trinajstić information content (AvgIpc) is 2.15. The molecule has 3 heteroatoms. The van der Waals surface area contributed by atoms with Gasteiger partial charge in [0.25, 0.3) is 0 Å². The number of hydrogen-bond acceptors (Lipinski definition) is 3. The van der Waals surface area contributed by atoms with E-state index in [1.807, 2.05) is 18.9 Å². The smallest absolute Gasteiger partial charge is 0.135 e. The second-order valence-corrected chi connectivity index (χ2v) is 2.31. The van der Waals surface area contributed by atoms with E-state index in [-0.39, 0.29) is 0 Å². The highest BCUT2D eigenvalue weighted by Gasteiger charge is 2.07. The molecule has 0 N–H and O–H groups in total. The quantitative estimate of drug-likeness (QED) is 0.485. The molecule has 0 spiro atoms. The zero-order valence-electron chi connectivity index (χ0n) is 5.92. The Balaban J connectivity index is 2.35. The summed E-state index contributed by atoms with van der Waals surface area (Å²) in [6.45, 7) is 6.38. The molecule has 0 saturated carbocycles. The van der Waals surface area contributed by atoms with Gasteiger partial charge < -0.3 is 4.74 Å². The Morgan fingerprint density at radius 2 is 2.33 bits per heavy atom. The first-order valence-corrected chi connectivity index (χ1v) is 3.13. The van der Waals surface area contributed by atoms with Crippen LogP contribution in [0.2, 0.25) is 0 Å². The molecular formula is C6H12N2O. The second-order valence-electron chi connectivity index (χ2n) is 2.31. The van der Waals surface area contributed by atoms with E-state index in [9.17, 15) is 0 Å². The van der Waals surface area contributed by atoms with E-state index >= 15 is 0 Å². The third kappa shape index (κ3) is 2.01. The van der Waals surface area contributed by atoms with Crippen molar-refractivity contribution in [2.75, 3.05) is 19.9 Å². The molecule has 0 atom stereocenters. The Hall–Kier alpha value is -0.570. The second kappa shape index (κ2) is 2.82. The Labute approximate surface area is 55.3 Å². The molecule has 9 heavy (non-hydrogen) atoms. The van der Waals surface area contributed by atoms with Crippen molar-refractivity contribution in [1.82, 2.24) is 5.01 Å². The molecule has 0 aromatic carbocycles. The number of hydrogen-bond donors (Lipinski definition) is 0. The van der Waals surface area contributed by atoms with Crippen LogP contribution in [0.15, 0.2) is 5.10 Å². The van der Waals surface area contributed by atoms with Gasteiger partial charge in [-0.3, -0.25) is 5.01 Å². The largest absolute Gasteiger partial charge is 0.358 e. The molecule has 3 nitrogen and oxygen atoms in total. The van der Waals surface area contributed by atoms with Crippen molar-refractivity contribution >= 4 is 5.71 Å². The van der Waals surface area contributed by atoms with Gasteiger partial charge in [-0.25, -0.2) is 0 Å². The van der Waals surface area contributed by atoms with Gasteiger partial charge in [0.2, 0.25) is 0 Å². The van der Waals surface area contributed by atoms with Crippen molar-refractivity contribution in [2.24, 2.45) is 5.10 Å². The van der Waals surface area contributed by atoms with Crippen LogP contribution < -0.4 is 0 Å². The fourth-order valence-electron chi connectivity index (χ4n) is 0.766. The lowest BCUT2D eigenvalue weighted by Crippen LogP contribution is -2.13. The zero-order valence-corrected chi connectivity index (χ0v) is 5.92. The zero-order chi connectivity index (χ0) is 6.69. The minimum atomic E-state index is 0.658. The molecule has 0 radical (unpaired) electrons. The fraction of sp³-hybridized carbons (Fsp3) is 0.833. The van der Waals surface area contributed by atoms with Gasteiger partial charge in [-0.2, -0.15) is 5.10 Å². The molecule has 52 valence electrons. The molecular weight excluding hydrogens is 116 g/mol. The van der Waals surface area contributed by atoms with Crippen molar-refractivity contribution in [3.05, 3.63) is 0 Å². The van der Waals surface area contributed by atoms with Crippen LogP contribution in [-0.4, -0.2) is 30.6 Å². The van der Waals surface area contributed by atoms with Gasteiger partial charge in [-0.15, -0.1) is 0 Å². The number of hydrazone groups is 1. The van der Waals surface area contributed by atoms with Gasteiger partial charge in [-0.05, 0) is 13.8 Å². The maximum absolute atomic E-state index is 5.08. The molecule has 1 rings (SSSR count). The van der Waals surface area contributed by atoms with Crippen LogP contribution in [0.5, 0.6) is 0 Å². The maximum atomic E-state index is 5.08. The molecule has 0 bridgehead atoms. The summed E-state index contributed by atoms with van der Waals surface area (Å²) < 4.78 is 5.08. The maximum Gasteiger partial charge on any atom is 0.135 e. The van der Waals surface area contributed by atoms with E-state index in [2.05, 4.69) is 5.10 Å². The van der Waals surface area contributed by atoms with Gasteiger partial charge in [0.1, 0.15) is 6.73 Å². The summed E-state index contributed by atoms with van der Waals surface area (Å²) in [6, 6.07) is 0. The van der Waals surface area contributed by atoms with Crippen molar-refractivity contribution in [1.29, 1.82) is 0 Å². The van der Waals surface area contributed by atoms with Gasteiger partial charge in [-0.1, -0.05) is 0 Å². The fourth-order valence-corrected chi connectivity index (χ4v) is 0.766. The lowest BCUT2D eigenvalue weighted by Gasteiger charge is -2.07. The first-order chi connectivity index (χ1) is 4.29. The van der Waals surface area contributed by atoms with Gasteiger partial charge in [0.15, 0.2) is 0 Å². The Bertz CT molecular complexity index is 112. The van der Waals surface area contributed by atoms with Crippen LogP contribution in [0.25, 0.3) is 0 Å². The molecule has 0 aromatic heterocycles. The molecule has 1 saturated heterocycles. The third-order valence-corrected chi connectivity index (χ3v) is 1.08. The van der Waals surface area contributed by atoms with E-state index in [1.54, 1.807) is 0 Å². The van der Waals surface area contributed by atoms with Crippen molar-refractivity contribution in [2.45, 2.75) is 13.8 Å². The Morgan fingerprint density at radius 1 is 1.56 bits per heavy atom. The number of nitrogens with zero attached hydrogens (tertiary/aromatic N) is 2. The molecule has 1 aliphatic rings. The lowest BCUT2D eigenvalue weighted by molar-refractivity contribution is 0.143. The highest BCUT2D eigenvalue weighted by molar-refractivity contribution is 5.78. The highest BCUT2D eigenvalue weighted by Crippen LogP contribution is 1.98. The third-order valence-electron chi connectivity index (χ3n) is 1.08. The SMILES string of the molecule is CC(C)=NN1CCOC1. The summed E-state index contributed by atoms with van der Waals surface area (Å²) in [5.41, 5.74) is 1.08. The van der Waals surface area contributed by atoms with Crippen LogP contribution in [0.3, 0.4) is 0 Å². The van der Waals surface area contributed by atoms with Crippen molar-refractivity contribution < 1.29 is 4.74 Å². The molecule has 1 aliphatic heterocycles. The van der Waals surface area contributed by atoms with Crippen LogP contribution in [0, 0.1) is 0 Å². The lowest BCUT2D eigenvalue weighted by atomic mass is 10.5. The van der Waals surface area contributed by atoms with Crippen LogP contribution in [0.4, 0.5) is 0 Å². The average molecular weight is 128 g/mol. The standard InChI is InChI=1S/C6H12N2O/c1-6(2)7-8-3-4-9-5-8/h3-5H2,1-2H3. The van der Waals surface area contributed by atoms with Gasteiger partial charge in [0, 0.05) is 5.71 Å². The summed E-state index contributed by atoms with van der Waals surface area (Å²) in [6.07, 6.45) is 0. The Morgan fingerprint density at radius 3 is 2.78 bits per heavy atom. The van der Waals surface area contributed by atoms with Crippen molar-refractivity contribution in [3.63, 3.8) is 0 Å². The van der Waals surface area contributed by atoms with E-state index in [0.717, 1.165) is 18.9 Å². The van der Waals surface area contributed by atoms with E-state index in [0.29, 0.717) is 6.73 Å². The Kier molecular flexibility index (Phi) is 2.05. The van der Waals surface area contributed by atoms with Crippen LogP contribution in [0.1, 0.15) is 13.8 Å². The molecule has 1 heterocycles. The van der Waals surface area contributed by atoms with Crippen molar-refractivity contribution in [3.8, 4) is 0 Å². The van der Waals surface area contributed by atoms with Crippen LogP contribution in [-0.2, 0) is 4.74 Å². The first kappa shape index (κ1) is 6.55. The molecule has 0 aromatic rings. The van der Waals surface area contributed by atoms with Gasteiger partial charge in [0.05, 0.1) is 13.2 Å². The summed E-state index contributed by atoms with van der Waals surface area (Å²) in [5.74, 6) is 0. The highest BCUT2D eigenvalue weighted by atomic mass is 16.5. The number of rotatable bonds is 1. The predicted octanol–water partition coefficient (Wildman–Crippen LogP) is 0.672.